The van der Waals surface area contributed by atoms with E-state index in [-0.39, 0.29) is 5.02 Å². The van der Waals surface area contributed by atoms with Gasteiger partial charge in [-0.25, -0.2) is 14.4 Å². The zero-order valence-electron chi connectivity index (χ0n) is 13.5. The number of hydrogen-bond donors (Lipinski definition) is 1. The molecule has 134 valence electrons. The van der Waals surface area contributed by atoms with Gasteiger partial charge in [-0.2, -0.15) is 0 Å². The highest BCUT2D eigenvalue weighted by Crippen LogP contribution is 2.34. The molecule has 0 saturated carbocycles. The molecule has 1 N–H and O–H groups in total. The minimum atomic E-state index is -0.476. The van der Waals surface area contributed by atoms with Crippen LogP contribution in [0, 0.1) is 5.82 Å². The maximum Gasteiger partial charge on any atom is 0.163 e. The maximum atomic E-state index is 13.5. The van der Waals surface area contributed by atoms with E-state index in [4.69, 9.17) is 11.6 Å². The average Bonchev–Trinajstić information content (AvgIpc) is 2.66. The maximum absolute atomic E-state index is 13.5. The van der Waals surface area contributed by atoms with Gasteiger partial charge < -0.3 is 5.32 Å². The molecule has 4 rings (SSSR count). The first kappa shape index (κ1) is 18.3. The Morgan fingerprint density at radius 3 is 2.63 bits per heavy atom. The third kappa shape index (κ3) is 3.81. The fourth-order valence-electron chi connectivity index (χ4n) is 2.59. The summed E-state index contributed by atoms with van der Waals surface area (Å²) in [5.41, 5.74) is 2.15. The minimum Gasteiger partial charge on any atom is -0.340 e. The van der Waals surface area contributed by atoms with E-state index >= 15 is 0 Å². The summed E-state index contributed by atoms with van der Waals surface area (Å²) in [5.74, 6) is 0.620. The third-order valence-corrected chi connectivity index (χ3v) is 5.17. The van der Waals surface area contributed by atoms with Crippen molar-refractivity contribution < 1.29 is 4.39 Å². The summed E-state index contributed by atoms with van der Waals surface area (Å²) in [5, 5.41) is 4.05. The molecule has 27 heavy (non-hydrogen) atoms. The Kier molecular flexibility index (Phi) is 5.08. The lowest BCUT2D eigenvalue weighted by Crippen LogP contribution is -2.00. The summed E-state index contributed by atoms with van der Waals surface area (Å²) in [4.78, 5) is 13.5. The van der Waals surface area contributed by atoms with E-state index in [1.807, 2.05) is 24.3 Å². The van der Waals surface area contributed by atoms with Gasteiger partial charge in [-0.15, -0.1) is 0 Å². The average molecular weight is 509 g/mol. The Hall–Kier alpha value is -2.09. The molecule has 0 aliphatic rings. The molecule has 2 aromatic heterocycles. The van der Waals surface area contributed by atoms with Gasteiger partial charge in [0.25, 0.3) is 0 Å². The largest absolute Gasteiger partial charge is 0.340 e. The highest BCUT2D eigenvalue weighted by atomic mass is 79.9. The van der Waals surface area contributed by atoms with Crippen LogP contribution in [0.15, 0.2) is 63.8 Å². The van der Waals surface area contributed by atoms with Gasteiger partial charge in [0, 0.05) is 38.0 Å². The molecule has 0 unspecified atom stereocenters. The van der Waals surface area contributed by atoms with Gasteiger partial charge in [-0.3, -0.25) is 4.98 Å². The predicted octanol–water partition coefficient (Wildman–Crippen LogP) is 6.75. The molecule has 0 bridgehead atoms. The SMILES string of the molecule is Fc1ccc(Nc2nc(-c3cccnc3)nc3c(Br)cc(Br)cc23)cc1Cl. The van der Waals surface area contributed by atoms with Gasteiger partial charge in [0.1, 0.15) is 11.6 Å². The van der Waals surface area contributed by atoms with Crippen molar-refractivity contribution in [3.05, 3.63) is 74.6 Å². The number of nitrogens with one attached hydrogen (secondary N) is 1. The van der Waals surface area contributed by atoms with E-state index < -0.39 is 5.82 Å². The number of nitrogens with zero attached hydrogens (tertiary/aromatic N) is 3. The quantitative estimate of drug-likeness (QED) is 0.333. The fraction of sp³-hybridized carbons (Fsp3) is 0. The van der Waals surface area contributed by atoms with Crippen LogP contribution in [0.2, 0.25) is 5.02 Å². The van der Waals surface area contributed by atoms with Crippen LogP contribution in [-0.4, -0.2) is 15.0 Å². The Balaban J connectivity index is 1.92. The molecule has 8 heteroatoms. The highest BCUT2D eigenvalue weighted by Gasteiger charge is 2.14. The molecule has 0 saturated heterocycles. The molecule has 0 spiro atoms. The molecule has 4 aromatic rings. The molecule has 0 aliphatic heterocycles. The number of rotatable bonds is 3. The van der Waals surface area contributed by atoms with Gasteiger partial charge in [-0.1, -0.05) is 27.5 Å². The van der Waals surface area contributed by atoms with Crippen LogP contribution >= 0.6 is 43.5 Å². The van der Waals surface area contributed by atoms with Crippen molar-refractivity contribution >= 4 is 65.9 Å². The number of benzene rings is 2. The normalized spacial score (nSPS) is 11.0. The lowest BCUT2D eigenvalue weighted by Gasteiger charge is -2.13. The second-order valence-corrected chi connectivity index (χ2v) is 7.85. The molecule has 0 fully saturated rings. The first-order chi connectivity index (χ1) is 13.0. The topological polar surface area (TPSA) is 50.7 Å². The van der Waals surface area contributed by atoms with Crippen LogP contribution in [0.1, 0.15) is 0 Å². The number of aromatic nitrogens is 3. The number of anilines is 2. The molecule has 0 amide bonds. The van der Waals surface area contributed by atoms with E-state index in [2.05, 4.69) is 52.1 Å². The van der Waals surface area contributed by atoms with E-state index in [0.29, 0.717) is 17.3 Å². The van der Waals surface area contributed by atoms with Crippen molar-refractivity contribution in [3.63, 3.8) is 0 Å². The van der Waals surface area contributed by atoms with Gasteiger partial charge in [-0.05, 0) is 58.4 Å². The predicted molar refractivity (Wildman–Crippen MR) is 113 cm³/mol. The molecule has 2 heterocycles. The second kappa shape index (κ2) is 7.50. The van der Waals surface area contributed by atoms with Gasteiger partial charge in [0.05, 0.1) is 10.5 Å². The second-order valence-electron chi connectivity index (χ2n) is 5.68. The van der Waals surface area contributed by atoms with Crippen molar-refractivity contribution in [3.8, 4) is 11.4 Å². The summed E-state index contributed by atoms with van der Waals surface area (Å²) in [6, 6.07) is 12.0. The number of pyridine rings is 1. The summed E-state index contributed by atoms with van der Waals surface area (Å²) >= 11 is 13.0. The molecule has 0 aliphatic carbocycles. The summed E-state index contributed by atoms with van der Waals surface area (Å²) < 4.78 is 15.2. The number of hydrogen-bond acceptors (Lipinski definition) is 4. The molecular formula is C19H10Br2ClFN4. The van der Waals surface area contributed by atoms with E-state index in [9.17, 15) is 4.39 Å². The first-order valence-electron chi connectivity index (χ1n) is 7.80. The van der Waals surface area contributed by atoms with Crippen molar-refractivity contribution in [2.45, 2.75) is 0 Å². The minimum absolute atomic E-state index is 0.0354. The summed E-state index contributed by atoms with van der Waals surface area (Å²) in [7, 11) is 0. The fourth-order valence-corrected chi connectivity index (χ4v) is 4.08. The molecule has 4 nitrogen and oxygen atoms in total. The van der Waals surface area contributed by atoms with E-state index in [1.165, 1.54) is 12.1 Å². The van der Waals surface area contributed by atoms with E-state index in [1.54, 1.807) is 18.5 Å². The Morgan fingerprint density at radius 1 is 1.04 bits per heavy atom. The number of halogens is 4. The number of fused-ring (bicyclic) bond motifs is 1. The Labute approximate surface area is 176 Å². The smallest absolute Gasteiger partial charge is 0.163 e. The van der Waals surface area contributed by atoms with Gasteiger partial charge >= 0.3 is 0 Å². The van der Waals surface area contributed by atoms with Crippen LogP contribution in [0.3, 0.4) is 0 Å². The third-order valence-electron chi connectivity index (χ3n) is 3.82. The van der Waals surface area contributed by atoms with Crippen LogP contribution < -0.4 is 5.32 Å². The standard InChI is InChI=1S/C19H10Br2ClFN4/c20-11-6-13-17(14(21)7-11)26-18(10-2-1-5-24-9-10)27-19(13)25-12-3-4-16(23)15(22)8-12/h1-9H,(H,25,26,27). The zero-order chi connectivity index (χ0) is 19.0. The van der Waals surface area contributed by atoms with Crippen molar-refractivity contribution in [2.75, 3.05) is 5.32 Å². The van der Waals surface area contributed by atoms with Crippen LogP contribution in [0.25, 0.3) is 22.3 Å². The molecular weight excluding hydrogens is 498 g/mol. The Morgan fingerprint density at radius 2 is 1.89 bits per heavy atom. The lowest BCUT2D eigenvalue weighted by molar-refractivity contribution is 0.628. The summed E-state index contributed by atoms with van der Waals surface area (Å²) in [6.45, 7) is 0. The summed E-state index contributed by atoms with van der Waals surface area (Å²) in [6.07, 6.45) is 3.39. The molecule has 0 atom stereocenters. The zero-order valence-corrected chi connectivity index (χ0v) is 17.5. The van der Waals surface area contributed by atoms with Crippen molar-refractivity contribution in [1.82, 2.24) is 15.0 Å². The van der Waals surface area contributed by atoms with Crippen LogP contribution in [0.4, 0.5) is 15.9 Å². The lowest BCUT2D eigenvalue weighted by atomic mass is 10.2. The van der Waals surface area contributed by atoms with Gasteiger partial charge in [0.2, 0.25) is 0 Å². The van der Waals surface area contributed by atoms with E-state index in [0.717, 1.165) is 25.4 Å². The molecule has 2 aromatic carbocycles. The van der Waals surface area contributed by atoms with Crippen LogP contribution in [0.5, 0.6) is 0 Å². The van der Waals surface area contributed by atoms with Gasteiger partial charge in [0.15, 0.2) is 5.82 Å². The molecule has 0 radical (unpaired) electrons. The Bertz CT molecular complexity index is 1160. The van der Waals surface area contributed by atoms with Crippen LogP contribution in [-0.2, 0) is 0 Å². The highest BCUT2D eigenvalue weighted by molar-refractivity contribution is 9.11. The van der Waals surface area contributed by atoms with Crippen molar-refractivity contribution in [2.24, 2.45) is 0 Å². The van der Waals surface area contributed by atoms with Crippen molar-refractivity contribution in [1.29, 1.82) is 0 Å². The first-order valence-corrected chi connectivity index (χ1v) is 9.77. The monoisotopic (exact) mass is 506 g/mol.